The Kier molecular flexibility index (Phi) is 9.92. The summed E-state index contributed by atoms with van der Waals surface area (Å²) in [6, 6.07) is 7.28. The van der Waals surface area contributed by atoms with Crippen LogP contribution in [0.15, 0.2) is 24.3 Å². The van der Waals surface area contributed by atoms with E-state index in [1.165, 1.54) is 4.90 Å². The number of rotatable bonds is 7. The molecule has 1 atom stereocenters. The number of hydrogen-bond donors (Lipinski definition) is 1. The minimum Gasteiger partial charge on any atom is -0.302 e. The summed E-state index contributed by atoms with van der Waals surface area (Å²) in [5, 5.41) is 1.75. The Morgan fingerprint density at radius 3 is 2.23 bits per heavy atom. The maximum Gasteiger partial charge on any atom is 0.260 e. The third kappa shape index (κ3) is 6.30. The highest BCUT2D eigenvalue weighted by Crippen LogP contribution is 2.13. The normalized spacial score (nSPS) is 10.5. The summed E-state index contributed by atoms with van der Waals surface area (Å²) in [4.78, 5) is 42.7. The monoisotopic (exact) mass is 306 g/mol. The van der Waals surface area contributed by atoms with Gasteiger partial charge in [-0.05, 0) is 31.9 Å². The highest BCUT2D eigenvalue weighted by Gasteiger charge is 2.21. The summed E-state index contributed by atoms with van der Waals surface area (Å²) < 4.78 is 0. The average molecular weight is 306 g/mol. The lowest BCUT2D eigenvalue weighted by molar-refractivity contribution is -0.118. The number of imide groups is 2. The van der Waals surface area contributed by atoms with Gasteiger partial charge in [-0.2, -0.15) is 0 Å². The van der Waals surface area contributed by atoms with Gasteiger partial charge in [0.25, 0.3) is 5.91 Å². The highest BCUT2D eigenvalue weighted by atomic mass is 16.2. The molecule has 6 heteroatoms. The van der Waals surface area contributed by atoms with Crippen LogP contribution in [-0.2, 0) is 14.4 Å². The highest BCUT2D eigenvalue weighted by molar-refractivity contribution is 6.01. The van der Waals surface area contributed by atoms with Crippen LogP contribution in [0.5, 0.6) is 0 Å². The van der Waals surface area contributed by atoms with Gasteiger partial charge < -0.3 is 5.32 Å². The summed E-state index contributed by atoms with van der Waals surface area (Å²) in [7, 11) is 0. The van der Waals surface area contributed by atoms with Crippen molar-refractivity contribution < 1.29 is 19.2 Å². The predicted molar refractivity (Wildman–Crippen MR) is 83.0 cm³/mol. The zero-order valence-corrected chi connectivity index (χ0v) is 13.1. The Hall–Kier alpha value is -2.50. The van der Waals surface area contributed by atoms with Crippen molar-refractivity contribution in [1.82, 2.24) is 10.2 Å². The van der Waals surface area contributed by atoms with Crippen molar-refractivity contribution in [2.75, 3.05) is 0 Å². The van der Waals surface area contributed by atoms with Crippen molar-refractivity contribution in [3.05, 3.63) is 35.4 Å². The summed E-state index contributed by atoms with van der Waals surface area (Å²) >= 11 is 0. The minimum absolute atomic E-state index is 0.0513. The molecule has 6 nitrogen and oxygen atoms in total. The molecule has 1 rings (SSSR count). The molecule has 1 aromatic rings. The van der Waals surface area contributed by atoms with E-state index in [4.69, 9.17) is 9.59 Å². The SMILES string of the molecule is CCCC(C)N(C=O)C(=O)c1ccccc1C.O=CNC=O. The molecule has 1 aromatic carbocycles. The molecule has 4 amide bonds. The molecule has 1 unspecified atom stereocenters. The number of carbonyl (C=O) groups excluding carboxylic acids is 4. The van der Waals surface area contributed by atoms with Crippen molar-refractivity contribution >= 4 is 25.1 Å². The van der Waals surface area contributed by atoms with E-state index in [2.05, 4.69) is 0 Å². The van der Waals surface area contributed by atoms with E-state index in [0.29, 0.717) is 24.8 Å². The van der Waals surface area contributed by atoms with Crippen LogP contribution >= 0.6 is 0 Å². The van der Waals surface area contributed by atoms with Gasteiger partial charge in [0.2, 0.25) is 19.2 Å². The zero-order chi connectivity index (χ0) is 17.0. The first-order chi connectivity index (χ1) is 10.5. The second kappa shape index (κ2) is 11.2. The molecular formula is C16H22N2O4. The van der Waals surface area contributed by atoms with E-state index >= 15 is 0 Å². The van der Waals surface area contributed by atoms with E-state index in [1.54, 1.807) is 11.4 Å². The van der Waals surface area contributed by atoms with Gasteiger partial charge in [0.05, 0.1) is 0 Å². The van der Waals surface area contributed by atoms with Gasteiger partial charge in [0.1, 0.15) is 0 Å². The predicted octanol–water partition coefficient (Wildman–Crippen LogP) is 1.67. The van der Waals surface area contributed by atoms with Gasteiger partial charge in [0.15, 0.2) is 0 Å². The quantitative estimate of drug-likeness (QED) is 0.777. The van der Waals surface area contributed by atoms with E-state index in [0.717, 1.165) is 18.4 Å². The fourth-order valence-corrected chi connectivity index (χ4v) is 1.89. The second-order valence-electron chi connectivity index (χ2n) is 4.67. The van der Waals surface area contributed by atoms with E-state index in [-0.39, 0.29) is 11.9 Å². The Balaban J connectivity index is 0.000000763. The lowest BCUT2D eigenvalue weighted by Crippen LogP contribution is -2.37. The van der Waals surface area contributed by atoms with Crippen LogP contribution in [0.1, 0.15) is 42.6 Å². The zero-order valence-electron chi connectivity index (χ0n) is 13.1. The van der Waals surface area contributed by atoms with Crippen molar-refractivity contribution in [3.63, 3.8) is 0 Å². The van der Waals surface area contributed by atoms with Crippen LogP contribution in [0.3, 0.4) is 0 Å². The molecule has 0 bridgehead atoms. The minimum atomic E-state index is -0.209. The van der Waals surface area contributed by atoms with Gasteiger partial charge in [-0.1, -0.05) is 31.5 Å². The Labute approximate surface area is 130 Å². The van der Waals surface area contributed by atoms with Gasteiger partial charge in [-0.25, -0.2) is 0 Å². The molecule has 120 valence electrons. The molecule has 0 fully saturated rings. The number of hydrogen-bond acceptors (Lipinski definition) is 4. The number of aryl methyl sites for hydroxylation is 1. The largest absolute Gasteiger partial charge is 0.302 e. The number of amides is 4. The summed E-state index contributed by atoms with van der Waals surface area (Å²) in [5.74, 6) is -0.209. The van der Waals surface area contributed by atoms with E-state index < -0.39 is 0 Å². The Morgan fingerprint density at radius 1 is 1.23 bits per heavy atom. The fraction of sp³-hybridized carbons (Fsp3) is 0.375. The van der Waals surface area contributed by atoms with Gasteiger partial charge in [-0.15, -0.1) is 0 Å². The van der Waals surface area contributed by atoms with Crippen LogP contribution in [0.4, 0.5) is 0 Å². The molecule has 0 saturated heterocycles. The van der Waals surface area contributed by atoms with Crippen LogP contribution in [0.25, 0.3) is 0 Å². The van der Waals surface area contributed by atoms with Gasteiger partial charge in [-0.3, -0.25) is 24.1 Å². The van der Waals surface area contributed by atoms with Crippen LogP contribution in [0, 0.1) is 6.92 Å². The maximum atomic E-state index is 12.2. The second-order valence-corrected chi connectivity index (χ2v) is 4.67. The van der Waals surface area contributed by atoms with Crippen LogP contribution in [0.2, 0.25) is 0 Å². The first kappa shape index (κ1) is 19.5. The molecule has 0 aliphatic rings. The Morgan fingerprint density at radius 2 is 1.82 bits per heavy atom. The first-order valence-corrected chi connectivity index (χ1v) is 7.00. The molecule has 22 heavy (non-hydrogen) atoms. The summed E-state index contributed by atoms with van der Waals surface area (Å²) in [6.07, 6.45) is 3.04. The molecule has 0 spiro atoms. The molecule has 0 saturated carbocycles. The summed E-state index contributed by atoms with van der Waals surface area (Å²) in [5.41, 5.74) is 1.50. The third-order valence-electron chi connectivity index (χ3n) is 3.04. The number of nitrogens with one attached hydrogen (secondary N) is 1. The smallest absolute Gasteiger partial charge is 0.260 e. The molecule has 0 heterocycles. The van der Waals surface area contributed by atoms with Crippen LogP contribution < -0.4 is 5.32 Å². The van der Waals surface area contributed by atoms with Gasteiger partial charge in [0, 0.05) is 11.6 Å². The van der Waals surface area contributed by atoms with Crippen molar-refractivity contribution in [2.24, 2.45) is 0 Å². The Bertz CT molecular complexity index is 497. The van der Waals surface area contributed by atoms with E-state index in [9.17, 15) is 9.59 Å². The molecular weight excluding hydrogens is 284 g/mol. The summed E-state index contributed by atoms with van der Waals surface area (Å²) in [6.45, 7) is 5.81. The van der Waals surface area contributed by atoms with Gasteiger partial charge >= 0.3 is 0 Å². The lowest BCUT2D eigenvalue weighted by atomic mass is 10.1. The number of carbonyl (C=O) groups is 4. The fourth-order valence-electron chi connectivity index (χ4n) is 1.89. The molecule has 0 aliphatic carbocycles. The van der Waals surface area contributed by atoms with Crippen molar-refractivity contribution in [3.8, 4) is 0 Å². The molecule has 1 N–H and O–H groups in total. The molecule has 0 aliphatic heterocycles. The average Bonchev–Trinajstić information content (AvgIpc) is 2.50. The number of benzene rings is 1. The molecule has 0 radical (unpaired) electrons. The lowest BCUT2D eigenvalue weighted by Gasteiger charge is -2.23. The van der Waals surface area contributed by atoms with Crippen molar-refractivity contribution in [1.29, 1.82) is 0 Å². The van der Waals surface area contributed by atoms with E-state index in [1.807, 2.05) is 39.0 Å². The first-order valence-electron chi connectivity index (χ1n) is 7.00. The van der Waals surface area contributed by atoms with Crippen molar-refractivity contribution in [2.45, 2.75) is 39.7 Å². The number of nitrogens with zero attached hydrogens (tertiary/aromatic N) is 1. The third-order valence-corrected chi connectivity index (χ3v) is 3.04. The van der Waals surface area contributed by atoms with Crippen LogP contribution in [-0.4, -0.2) is 36.1 Å². The standard InChI is InChI=1S/C14H19NO2.C2H3NO2/c1-4-7-12(3)15(10-16)14(17)13-9-6-5-8-11(13)2;4-1-3-2-5/h5-6,8-10,12H,4,7H2,1-3H3;1-2H,(H,3,4,5). The maximum absolute atomic E-state index is 12.2. The molecule has 0 aromatic heterocycles. The topological polar surface area (TPSA) is 83.6 Å².